The number of aliphatic hydroxyl groups excluding tert-OH is 1. The van der Waals surface area contributed by atoms with Crippen LogP contribution in [0.5, 0.6) is 0 Å². The molecule has 0 aliphatic rings. The normalized spacial score (nSPS) is 13.5. The highest BCUT2D eigenvalue weighted by atomic mass is 16.5. The van der Waals surface area contributed by atoms with Crippen LogP contribution in [-0.2, 0) is 6.54 Å². The largest absolute Gasteiger partial charge is 0.392 e. The second-order valence-corrected chi connectivity index (χ2v) is 4.06. The topological polar surface area (TPSA) is 49.5 Å². The van der Waals surface area contributed by atoms with Crippen molar-refractivity contribution in [3.05, 3.63) is 17.0 Å². The molecule has 0 fully saturated rings. The first kappa shape index (κ1) is 12.2. The van der Waals surface area contributed by atoms with E-state index in [0.717, 1.165) is 30.0 Å². The van der Waals surface area contributed by atoms with Crippen LogP contribution in [0.15, 0.2) is 4.52 Å². The molecule has 1 rings (SSSR count). The van der Waals surface area contributed by atoms with Crippen LogP contribution >= 0.6 is 0 Å². The van der Waals surface area contributed by atoms with Gasteiger partial charge in [0.2, 0.25) is 0 Å². The quantitative estimate of drug-likeness (QED) is 0.803. The van der Waals surface area contributed by atoms with E-state index >= 15 is 0 Å². The van der Waals surface area contributed by atoms with Crippen molar-refractivity contribution in [2.75, 3.05) is 13.6 Å². The molecule has 0 amide bonds. The van der Waals surface area contributed by atoms with Crippen LogP contribution in [0.25, 0.3) is 0 Å². The molecule has 1 aromatic heterocycles. The van der Waals surface area contributed by atoms with Gasteiger partial charge in [-0.2, -0.15) is 0 Å². The monoisotopic (exact) mass is 212 g/mol. The molecule has 1 atom stereocenters. The first-order chi connectivity index (χ1) is 7.04. The zero-order valence-corrected chi connectivity index (χ0v) is 9.95. The maximum absolute atomic E-state index is 9.51. The second-order valence-electron chi connectivity index (χ2n) is 4.06. The van der Waals surface area contributed by atoms with E-state index < -0.39 is 0 Å². The molecule has 0 spiro atoms. The third-order valence-corrected chi connectivity index (χ3v) is 2.60. The molecule has 0 radical (unpaired) electrons. The number of hydrogen-bond acceptors (Lipinski definition) is 4. The molecule has 0 saturated heterocycles. The molecular weight excluding hydrogens is 192 g/mol. The van der Waals surface area contributed by atoms with Gasteiger partial charge in [0.25, 0.3) is 0 Å². The highest BCUT2D eigenvalue weighted by molar-refractivity contribution is 5.20. The molecule has 1 heterocycles. The van der Waals surface area contributed by atoms with Gasteiger partial charge < -0.3 is 9.63 Å². The van der Waals surface area contributed by atoms with E-state index in [1.54, 1.807) is 0 Å². The third kappa shape index (κ3) is 3.32. The SMILES string of the molecule is CCC(O)CN(C)Cc1c(C)noc1C. The molecule has 86 valence electrons. The summed E-state index contributed by atoms with van der Waals surface area (Å²) in [7, 11) is 1.99. The fourth-order valence-corrected chi connectivity index (χ4v) is 1.55. The highest BCUT2D eigenvalue weighted by Gasteiger charge is 2.13. The van der Waals surface area contributed by atoms with E-state index in [0.29, 0.717) is 6.54 Å². The van der Waals surface area contributed by atoms with Crippen molar-refractivity contribution in [2.24, 2.45) is 0 Å². The van der Waals surface area contributed by atoms with Gasteiger partial charge in [0.05, 0.1) is 11.8 Å². The average Bonchev–Trinajstić information content (AvgIpc) is 2.49. The summed E-state index contributed by atoms with van der Waals surface area (Å²) in [6, 6.07) is 0. The van der Waals surface area contributed by atoms with Crippen LogP contribution in [0, 0.1) is 13.8 Å². The Morgan fingerprint density at radius 2 is 2.13 bits per heavy atom. The summed E-state index contributed by atoms with van der Waals surface area (Å²) < 4.78 is 5.09. The number of rotatable bonds is 5. The standard InChI is InChI=1S/C11H20N2O2/c1-5-10(14)6-13(4)7-11-8(2)12-15-9(11)3/h10,14H,5-7H2,1-4H3. The zero-order valence-electron chi connectivity index (χ0n) is 9.95. The lowest BCUT2D eigenvalue weighted by Crippen LogP contribution is -2.28. The Bertz CT molecular complexity index is 290. The van der Waals surface area contributed by atoms with Gasteiger partial charge in [0.15, 0.2) is 0 Å². The highest BCUT2D eigenvalue weighted by Crippen LogP contribution is 2.14. The van der Waals surface area contributed by atoms with Gasteiger partial charge in [-0.15, -0.1) is 0 Å². The van der Waals surface area contributed by atoms with Crippen molar-refractivity contribution < 1.29 is 9.63 Å². The molecule has 0 aliphatic carbocycles. The summed E-state index contributed by atoms with van der Waals surface area (Å²) in [6.45, 7) is 7.29. The maximum Gasteiger partial charge on any atom is 0.138 e. The van der Waals surface area contributed by atoms with Crippen molar-refractivity contribution in [1.82, 2.24) is 10.1 Å². The van der Waals surface area contributed by atoms with E-state index in [2.05, 4.69) is 10.1 Å². The molecule has 0 aromatic carbocycles. The summed E-state index contributed by atoms with van der Waals surface area (Å²) in [5, 5.41) is 13.4. The van der Waals surface area contributed by atoms with Gasteiger partial charge >= 0.3 is 0 Å². The van der Waals surface area contributed by atoms with Crippen LogP contribution in [0.3, 0.4) is 0 Å². The Labute approximate surface area is 90.9 Å². The van der Waals surface area contributed by atoms with Crippen LogP contribution in [0.2, 0.25) is 0 Å². The minimum absolute atomic E-state index is 0.254. The summed E-state index contributed by atoms with van der Waals surface area (Å²) in [5.74, 6) is 0.866. The van der Waals surface area contributed by atoms with Crippen LogP contribution in [0.4, 0.5) is 0 Å². The van der Waals surface area contributed by atoms with E-state index in [4.69, 9.17) is 4.52 Å². The lowest BCUT2D eigenvalue weighted by molar-refractivity contribution is 0.119. The first-order valence-corrected chi connectivity index (χ1v) is 5.33. The predicted molar refractivity (Wildman–Crippen MR) is 58.6 cm³/mol. The Morgan fingerprint density at radius 3 is 2.60 bits per heavy atom. The van der Waals surface area contributed by atoms with Crippen LogP contribution < -0.4 is 0 Å². The van der Waals surface area contributed by atoms with Gasteiger partial charge in [0, 0.05) is 18.7 Å². The summed E-state index contributed by atoms with van der Waals surface area (Å²) >= 11 is 0. The first-order valence-electron chi connectivity index (χ1n) is 5.33. The number of likely N-dealkylation sites (N-methyl/N-ethyl adjacent to an activating group) is 1. The van der Waals surface area contributed by atoms with Gasteiger partial charge in [-0.1, -0.05) is 12.1 Å². The Hall–Kier alpha value is -0.870. The Morgan fingerprint density at radius 1 is 1.47 bits per heavy atom. The summed E-state index contributed by atoms with van der Waals surface area (Å²) in [6.07, 6.45) is 0.529. The third-order valence-electron chi connectivity index (χ3n) is 2.60. The number of aliphatic hydroxyl groups is 1. The molecule has 4 heteroatoms. The lowest BCUT2D eigenvalue weighted by Gasteiger charge is -2.19. The minimum Gasteiger partial charge on any atom is -0.392 e. The summed E-state index contributed by atoms with van der Waals surface area (Å²) in [4.78, 5) is 2.08. The Kier molecular flexibility index (Phi) is 4.29. The smallest absolute Gasteiger partial charge is 0.138 e. The second kappa shape index (κ2) is 5.28. The van der Waals surface area contributed by atoms with Crippen molar-refractivity contribution >= 4 is 0 Å². The zero-order chi connectivity index (χ0) is 11.4. The molecular formula is C11H20N2O2. The minimum atomic E-state index is -0.254. The van der Waals surface area contributed by atoms with Crippen molar-refractivity contribution in [1.29, 1.82) is 0 Å². The maximum atomic E-state index is 9.51. The average molecular weight is 212 g/mol. The van der Waals surface area contributed by atoms with E-state index in [1.165, 1.54) is 0 Å². The lowest BCUT2D eigenvalue weighted by atomic mass is 10.2. The van der Waals surface area contributed by atoms with E-state index in [9.17, 15) is 5.11 Å². The van der Waals surface area contributed by atoms with Crippen molar-refractivity contribution in [3.8, 4) is 0 Å². The summed E-state index contributed by atoms with van der Waals surface area (Å²) in [5.41, 5.74) is 2.06. The van der Waals surface area contributed by atoms with Gasteiger partial charge in [-0.25, -0.2) is 0 Å². The van der Waals surface area contributed by atoms with Gasteiger partial charge in [0.1, 0.15) is 5.76 Å². The number of aromatic nitrogens is 1. The molecule has 4 nitrogen and oxygen atoms in total. The predicted octanol–water partition coefficient (Wildman–Crippen LogP) is 1.49. The van der Waals surface area contributed by atoms with Crippen LogP contribution in [0.1, 0.15) is 30.4 Å². The van der Waals surface area contributed by atoms with Gasteiger partial charge in [-0.05, 0) is 27.3 Å². The molecule has 0 aliphatic heterocycles. The van der Waals surface area contributed by atoms with E-state index in [1.807, 2.05) is 27.8 Å². The molecule has 0 bridgehead atoms. The molecule has 1 unspecified atom stereocenters. The Balaban J connectivity index is 2.54. The fourth-order valence-electron chi connectivity index (χ4n) is 1.55. The molecule has 1 aromatic rings. The van der Waals surface area contributed by atoms with Gasteiger partial charge in [-0.3, -0.25) is 4.90 Å². The fraction of sp³-hybridized carbons (Fsp3) is 0.727. The molecule has 0 saturated carbocycles. The van der Waals surface area contributed by atoms with Crippen molar-refractivity contribution in [2.45, 2.75) is 39.8 Å². The number of hydrogen-bond donors (Lipinski definition) is 1. The molecule has 1 N–H and O–H groups in total. The van der Waals surface area contributed by atoms with Crippen molar-refractivity contribution in [3.63, 3.8) is 0 Å². The number of nitrogens with zero attached hydrogens (tertiary/aromatic N) is 2. The van der Waals surface area contributed by atoms with E-state index in [-0.39, 0.29) is 6.10 Å². The number of aryl methyl sites for hydroxylation is 2. The van der Waals surface area contributed by atoms with Crippen LogP contribution in [-0.4, -0.2) is 34.9 Å². The molecule has 15 heavy (non-hydrogen) atoms.